The molecule has 1 amide bonds. The van der Waals surface area contributed by atoms with E-state index in [0.29, 0.717) is 47.4 Å². The molecule has 1 fully saturated rings. The summed E-state index contributed by atoms with van der Waals surface area (Å²) in [6, 6.07) is 3.12. The Morgan fingerprint density at radius 2 is 2.07 bits per heavy atom. The summed E-state index contributed by atoms with van der Waals surface area (Å²) in [5, 5.41) is -0.464. The number of amides is 1. The van der Waals surface area contributed by atoms with Crippen molar-refractivity contribution < 1.29 is 22.7 Å². The first kappa shape index (κ1) is 19.4. The first-order chi connectivity index (χ1) is 12.7. The Morgan fingerprint density at radius 1 is 1.33 bits per heavy atom. The highest BCUT2D eigenvalue weighted by atomic mass is 32.1. The zero-order valence-corrected chi connectivity index (χ0v) is 15.9. The van der Waals surface area contributed by atoms with Gasteiger partial charge in [-0.25, -0.2) is 9.97 Å². The number of hydrogen-bond donors (Lipinski definition) is 0. The van der Waals surface area contributed by atoms with E-state index in [1.807, 2.05) is 11.8 Å². The minimum Gasteiger partial charge on any atom is -0.481 e. The number of piperazine rings is 1. The molecule has 10 heteroatoms. The van der Waals surface area contributed by atoms with Gasteiger partial charge in [-0.05, 0) is 13.0 Å². The molecule has 27 heavy (non-hydrogen) atoms. The largest absolute Gasteiger partial charge is 0.481 e. The molecular formula is C17H19F3N4O2S. The molecule has 1 saturated heterocycles. The molecule has 1 aliphatic rings. The average Bonchev–Trinajstić information content (AvgIpc) is 3.07. The number of rotatable bonds is 3. The van der Waals surface area contributed by atoms with Crippen molar-refractivity contribution in [3.05, 3.63) is 23.3 Å². The number of thiazole rings is 1. The number of nitrogens with zero attached hydrogens (tertiary/aromatic N) is 4. The van der Waals surface area contributed by atoms with E-state index in [0.717, 1.165) is 0 Å². The highest BCUT2D eigenvalue weighted by molar-refractivity contribution is 7.16. The molecule has 2 aromatic rings. The number of anilines is 1. The van der Waals surface area contributed by atoms with Crippen LogP contribution in [0.25, 0.3) is 11.3 Å². The molecule has 0 unspecified atom stereocenters. The smallest absolute Gasteiger partial charge is 0.443 e. The van der Waals surface area contributed by atoms with Crippen LogP contribution in [0.2, 0.25) is 0 Å². The highest BCUT2D eigenvalue weighted by Gasteiger charge is 2.38. The van der Waals surface area contributed by atoms with Crippen molar-refractivity contribution in [2.45, 2.75) is 26.1 Å². The van der Waals surface area contributed by atoms with Crippen molar-refractivity contribution in [2.75, 3.05) is 31.6 Å². The summed E-state index contributed by atoms with van der Waals surface area (Å²) in [5.41, 5.74) is 0.727. The van der Waals surface area contributed by atoms with Gasteiger partial charge in [-0.15, -0.1) is 0 Å². The van der Waals surface area contributed by atoms with Gasteiger partial charge < -0.3 is 14.5 Å². The van der Waals surface area contributed by atoms with Crippen molar-refractivity contribution in [3.8, 4) is 17.1 Å². The summed E-state index contributed by atoms with van der Waals surface area (Å²) in [6.07, 6.45) is -3.07. The SMILES string of the molecule is COc1ccc(-c2nc(C(F)(F)F)sc2N2CCN(C(C)=O)[C@H](C)C2)cn1. The Morgan fingerprint density at radius 3 is 2.59 bits per heavy atom. The fourth-order valence-corrected chi connectivity index (χ4v) is 4.08. The Balaban J connectivity index is 1.98. The molecule has 0 spiro atoms. The van der Waals surface area contributed by atoms with Crippen LogP contribution in [0.15, 0.2) is 18.3 Å². The number of methoxy groups -OCH3 is 1. The van der Waals surface area contributed by atoms with Crippen molar-refractivity contribution >= 4 is 22.2 Å². The molecule has 3 rings (SSSR count). The molecule has 0 N–H and O–H groups in total. The molecule has 2 aromatic heterocycles. The minimum atomic E-state index is -4.52. The van der Waals surface area contributed by atoms with Crippen molar-refractivity contribution in [2.24, 2.45) is 0 Å². The number of hydrogen-bond acceptors (Lipinski definition) is 6. The van der Waals surface area contributed by atoms with E-state index in [-0.39, 0.29) is 17.6 Å². The lowest BCUT2D eigenvalue weighted by Gasteiger charge is -2.40. The quantitative estimate of drug-likeness (QED) is 0.791. The summed E-state index contributed by atoms with van der Waals surface area (Å²) in [4.78, 5) is 23.2. The van der Waals surface area contributed by atoms with Crippen LogP contribution >= 0.6 is 11.3 Å². The summed E-state index contributed by atoms with van der Waals surface area (Å²) in [5.74, 6) is 0.331. The van der Waals surface area contributed by atoms with Crippen LogP contribution in [0, 0.1) is 0 Å². The Bertz CT molecular complexity index is 823. The van der Waals surface area contributed by atoms with Crippen LogP contribution in [0.5, 0.6) is 5.88 Å². The van der Waals surface area contributed by atoms with Crippen LogP contribution < -0.4 is 9.64 Å². The monoisotopic (exact) mass is 400 g/mol. The van der Waals surface area contributed by atoms with Crippen molar-refractivity contribution in [1.82, 2.24) is 14.9 Å². The van der Waals surface area contributed by atoms with Gasteiger partial charge in [0.1, 0.15) is 10.7 Å². The number of aromatic nitrogens is 2. The Hall–Kier alpha value is -2.36. The third-order valence-corrected chi connectivity index (χ3v) is 5.55. The number of pyridine rings is 1. The second-order valence-electron chi connectivity index (χ2n) is 6.27. The van der Waals surface area contributed by atoms with E-state index in [2.05, 4.69) is 9.97 Å². The predicted octanol–water partition coefficient (Wildman–Crippen LogP) is 3.29. The fourth-order valence-electron chi connectivity index (χ4n) is 3.09. The summed E-state index contributed by atoms with van der Waals surface area (Å²) in [6.45, 7) is 4.72. The Labute approximate surface area is 158 Å². The number of halogens is 3. The molecule has 0 radical (unpaired) electrons. The number of carbonyl (C=O) groups is 1. The molecule has 1 aliphatic heterocycles. The maximum Gasteiger partial charge on any atom is 0.443 e. The number of alkyl halides is 3. The molecule has 3 heterocycles. The maximum atomic E-state index is 13.3. The molecule has 0 aliphatic carbocycles. The van der Waals surface area contributed by atoms with Gasteiger partial charge >= 0.3 is 6.18 Å². The van der Waals surface area contributed by atoms with Gasteiger partial charge in [0.15, 0.2) is 0 Å². The van der Waals surface area contributed by atoms with Gasteiger partial charge in [-0.2, -0.15) is 13.2 Å². The lowest BCUT2D eigenvalue weighted by molar-refractivity contribution is -0.137. The van der Waals surface area contributed by atoms with E-state index < -0.39 is 11.2 Å². The normalized spacial score (nSPS) is 17.9. The standard InChI is InChI=1S/C17H19F3N4O2S/c1-10-9-23(6-7-24(10)11(2)25)15-14(22-16(27-15)17(18,19)20)12-4-5-13(26-3)21-8-12/h4-5,8,10H,6-7,9H2,1-3H3/t10-/m1/s1. The predicted molar refractivity (Wildman–Crippen MR) is 96.0 cm³/mol. The third-order valence-electron chi connectivity index (χ3n) is 4.39. The van der Waals surface area contributed by atoms with Crippen LogP contribution in [0.1, 0.15) is 18.9 Å². The third kappa shape index (κ3) is 4.00. The van der Waals surface area contributed by atoms with Crippen LogP contribution in [-0.2, 0) is 11.0 Å². The van der Waals surface area contributed by atoms with Gasteiger partial charge in [0.2, 0.25) is 16.8 Å². The molecule has 0 saturated carbocycles. The second-order valence-corrected chi connectivity index (χ2v) is 7.24. The first-order valence-electron chi connectivity index (χ1n) is 8.31. The molecule has 6 nitrogen and oxygen atoms in total. The maximum absolute atomic E-state index is 13.3. The van der Waals surface area contributed by atoms with E-state index in [1.165, 1.54) is 20.2 Å². The van der Waals surface area contributed by atoms with E-state index in [1.54, 1.807) is 17.0 Å². The minimum absolute atomic E-state index is 0.0398. The van der Waals surface area contributed by atoms with Gasteiger partial charge in [0.05, 0.1) is 7.11 Å². The molecule has 0 bridgehead atoms. The zero-order valence-electron chi connectivity index (χ0n) is 15.1. The van der Waals surface area contributed by atoms with Crippen LogP contribution in [-0.4, -0.2) is 53.6 Å². The second kappa shape index (κ2) is 7.34. The first-order valence-corrected chi connectivity index (χ1v) is 9.13. The lowest BCUT2D eigenvalue weighted by Crippen LogP contribution is -2.53. The van der Waals surface area contributed by atoms with Gasteiger partial charge in [-0.1, -0.05) is 11.3 Å². The topological polar surface area (TPSA) is 58.6 Å². The lowest BCUT2D eigenvalue weighted by atomic mass is 10.1. The van der Waals surface area contributed by atoms with Gasteiger partial charge in [0, 0.05) is 50.4 Å². The molecular weight excluding hydrogens is 381 g/mol. The fraction of sp³-hybridized carbons (Fsp3) is 0.471. The van der Waals surface area contributed by atoms with E-state index >= 15 is 0 Å². The van der Waals surface area contributed by atoms with Gasteiger partial charge in [-0.3, -0.25) is 4.79 Å². The van der Waals surface area contributed by atoms with E-state index in [4.69, 9.17) is 4.74 Å². The summed E-state index contributed by atoms with van der Waals surface area (Å²) >= 11 is 0.617. The zero-order chi connectivity index (χ0) is 19.8. The van der Waals surface area contributed by atoms with Crippen LogP contribution in [0.4, 0.5) is 18.2 Å². The van der Waals surface area contributed by atoms with E-state index in [9.17, 15) is 18.0 Å². The number of carbonyl (C=O) groups excluding carboxylic acids is 1. The highest BCUT2D eigenvalue weighted by Crippen LogP contribution is 2.43. The Kier molecular flexibility index (Phi) is 5.27. The van der Waals surface area contributed by atoms with Crippen molar-refractivity contribution in [3.63, 3.8) is 0 Å². The van der Waals surface area contributed by atoms with Crippen molar-refractivity contribution in [1.29, 1.82) is 0 Å². The van der Waals surface area contributed by atoms with Crippen LogP contribution in [0.3, 0.4) is 0 Å². The number of ether oxygens (including phenoxy) is 1. The summed E-state index contributed by atoms with van der Waals surface area (Å²) in [7, 11) is 1.47. The average molecular weight is 400 g/mol. The van der Waals surface area contributed by atoms with Gasteiger partial charge in [0.25, 0.3) is 0 Å². The molecule has 146 valence electrons. The molecule has 0 aromatic carbocycles. The molecule has 1 atom stereocenters. The summed E-state index contributed by atoms with van der Waals surface area (Å²) < 4.78 is 44.8.